The summed E-state index contributed by atoms with van der Waals surface area (Å²) in [5.41, 5.74) is 4.29. The Balaban J connectivity index is 1.82. The third kappa shape index (κ3) is 4.83. The molecule has 0 bridgehead atoms. The fraction of sp³-hybridized carbons (Fsp3) is 0.174. The molecule has 0 saturated heterocycles. The number of aryl methyl sites for hydroxylation is 3. The summed E-state index contributed by atoms with van der Waals surface area (Å²) in [5.74, 6) is -0.311. The third-order valence-electron chi connectivity index (χ3n) is 4.79. The van der Waals surface area contributed by atoms with Gasteiger partial charge in [-0.25, -0.2) is 8.42 Å². The van der Waals surface area contributed by atoms with Crippen LogP contribution >= 0.6 is 11.6 Å². The van der Waals surface area contributed by atoms with Gasteiger partial charge in [0.15, 0.2) is 0 Å². The van der Waals surface area contributed by atoms with E-state index in [0.717, 1.165) is 28.8 Å². The lowest BCUT2D eigenvalue weighted by Crippen LogP contribution is -2.16. The van der Waals surface area contributed by atoms with Crippen molar-refractivity contribution in [1.82, 2.24) is 0 Å². The highest BCUT2D eigenvalue weighted by Crippen LogP contribution is 2.27. The smallest absolute Gasteiger partial charge is 0.261 e. The Morgan fingerprint density at radius 2 is 1.70 bits per heavy atom. The largest absolute Gasteiger partial charge is 0.321 e. The molecule has 156 valence electrons. The van der Waals surface area contributed by atoms with E-state index in [4.69, 9.17) is 11.6 Å². The molecule has 0 unspecified atom stereocenters. The van der Waals surface area contributed by atoms with E-state index in [9.17, 15) is 13.2 Å². The Morgan fingerprint density at radius 3 is 2.33 bits per heavy atom. The van der Waals surface area contributed by atoms with Crippen LogP contribution in [0.2, 0.25) is 5.02 Å². The number of carbonyl (C=O) groups excluding carboxylic acids is 1. The number of halogens is 1. The molecule has 0 radical (unpaired) electrons. The Morgan fingerprint density at radius 1 is 1.00 bits per heavy atom. The molecule has 30 heavy (non-hydrogen) atoms. The Hall–Kier alpha value is -2.83. The fourth-order valence-electron chi connectivity index (χ4n) is 3.05. The van der Waals surface area contributed by atoms with Crippen LogP contribution in [0.4, 0.5) is 11.4 Å². The van der Waals surface area contributed by atoms with Crippen LogP contribution < -0.4 is 10.0 Å². The lowest BCUT2D eigenvalue weighted by Gasteiger charge is -2.14. The van der Waals surface area contributed by atoms with Crippen molar-refractivity contribution < 1.29 is 13.2 Å². The van der Waals surface area contributed by atoms with Crippen LogP contribution in [0.25, 0.3) is 0 Å². The van der Waals surface area contributed by atoms with Crippen molar-refractivity contribution in [2.45, 2.75) is 32.1 Å². The van der Waals surface area contributed by atoms with Crippen molar-refractivity contribution in [3.63, 3.8) is 0 Å². The van der Waals surface area contributed by atoms with Crippen molar-refractivity contribution in [3.05, 3.63) is 87.9 Å². The molecule has 3 aromatic rings. The molecule has 0 aromatic heterocycles. The van der Waals surface area contributed by atoms with Crippen LogP contribution in [0.1, 0.15) is 34.0 Å². The van der Waals surface area contributed by atoms with Gasteiger partial charge in [0.1, 0.15) is 0 Å². The lowest BCUT2D eigenvalue weighted by molar-refractivity contribution is 0.102. The molecular weight excluding hydrogens is 420 g/mol. The highest BCUT2D eigenvalue weighted by Gasteiger charge is 2.17. The number of para-hydroxylation sites is 1. The number of carbonyl (C=O) groups is 1. The van der Waals surface area contributed by atoms with Crippen LogP contribution in [0.3, 0.4) is 0 Å². The second kappa shape index (κ2) is 8.90. The summed E-state index contributed by atoms with van der Waals surface area (Å²) in [5, 5.41) is 3.07. The molecule has 0 saturated carbocycles. The molecule has 3 rings (SSSR count). The number of hydrogen-bond acceptors (Lipinski definition) is 3. The van der Waals surface area contributed by atoms with E-state index in [1.54, 1.807) is 12.1 Å². The summed E-state index contributed by atoms with van der Waals surface area (Å²) in [6, 6.07) is 16.8. The van der Waals surface area contributed by atoms with Gasteiger partial charge >= 0.3 is 0 Å². The fourth-order valence-corrected chi connectivity index (χ4v) is 4.41. The zero-order chi connectivity index (χ0) is 21.9. The number of anilines is 2. The Kier molecular flexibility index (Phi) is 6.48. The molecule has 0 fully saturated rings. The average Bonchev–Trinajstić information content (AvgIpc) is 2.71. The zero-order valence-corrected chi connectivity index (χ0v) is 18.6. The van der Waals surface area contributed by atoms with Gasteiger partial charge in [0.25, 0.3) is 15.9 Å². The normalized spacial score (nSPS) is 11.2. The number of amides is 1. The van der Waals surface area contributed by atoms with Gasteiger partial charge in [0.05, 0.1) is 15.6 Å². The highest BCUT2D eigenvalue weighted by molar-refractivity contribution is 7.92. The predicted molar refractivity (Wildman–Crippen MR) is 122 cm³/mol. The minimum atomic E-state index is -3.78. The number of nitrogens with one attached hydrogen (secondary N) is 2. The van der Waals surface area contributed by atoms with Crippen molar-refractivity contribution in [2.24, 2.45) is 0 Å². The van der Waals surface area contributed by atoms with E-state index >= 15 is 0 Å². The van der Waals surface area contributed by atoms with E-state index in [2.05, 4.69) is 10.0 Å². The number of hydrogen-bond donors (Lipinski definition) is 2. The summed E-state index contributed by atoms with van der Waals surface area (Å²) >= 11 is 6.28. The average molecular weight is 443 g/mol. The molecule has 0 aliphatic carbocycles. The van der Waals surface area contributed by atoms with E-state index in [1.165, 1.54) is 30.3 Å². The molecule has 0 heterocycles. The first-order valence-electron chi connectivity index (χ1n) is 9.50. The van der Waals surface area contributed by atoms with Crippen LogP contribution in [-0.2, 0) is 16.4 Å². The molecule has 0 aliphatic heterocycles. The molecule has 0 aliphatic rings. The topological polar surface area (TPSA) is 75.3 Å². The quantitative estimate of drug-likeness (QED) is 0.523. The van der Waals surface area contributed by atoms with E-state index < -0.39 is 10.0 Å². The maximum Gasteiger partial charge on any atom is 0.261 e. The molecule has 5 nitrogen and oxygen atoms in total. The number of sulfonamides is 1. The summed E-state index contributed by atoms with van der Waals surface area (Å²) in [6.45, 7) is 5.84. The van der Waals surface area contributed by atoms with Gasteiger partial charge in [0, 0.05) is 11.3 Å². The minimum Gasteiger partial charge on any atom is -0.321 e. The summed E-state index contributed by atoms with van der Waals surface area (Å²) in [7, 11) is -3.78. The third-order valence-corrected chi connectivity index (χ3v) is 6.48. The molecular formula is C23H23ClN2O3S. The van der Waals surface area contributed by atoms with Gasteiger partial charge in [-0.05, 0) is 61.7 Å². The van der Waals surface area contributed by atoms with Crippen LogP contribution in [0, 0.1) is 13.8 Å². The summed E-state index contributed by atoms with van der Waals surface area (Å²) in [4.78, 5) is 12.9. The Labute approximate surface area is 182 Å². The first kappa shape index (κ1) is 21.9. The molecule has 1 amide bonds. The van der Waals surface area contributed by atoms with Crippen LogP contribution in [0.5, 0.6) is 0 Å². The van der Waals surface area contributed by atoms with Gasteiger partial charge in [-0.15, -0.1) is 0 Å². The van der Waals surface area contributed by atoms with Gasteiger partial charge in [-0.1, -0.05) is 54.4 Å². The highest BCUT2D eigenvalue weighted by atomic mass is 35.5. The van der Waals surface area contributed by atoms with Gasteiger partial charge in [-0.3, -0.25) is 9.52 Å². The summed E-state index contributed by atoms with van der Waals surface area (Å²) in [6.07, 6.45) is 0.789. The molecule has 7 heteroatoms. The lowest BCUT2D eigenvalue weighted by atomic mass is 10.1. The van der Waals surface area contributed by atoms with Gasteiger partial charge in [-0.2, -0.15) is 0 Å². The second-order valence-electron chi connectivity index (χ2n) is 7.03. The molecule has 3 aromatic carbocycles. The standard InChI is InChI=1S/C23H23ClN2O3S/c1-4-17-7-5-6-16(3)22(17)25-23(27)18-10-13-21(20(24)14-18)26-30(28,29)19-11-8-15(2)9-12-19/h5-14,26H,4H2,1-3H3,(H,25,27). The van der Waals surface area contributed by atoms with E-state index in [1.807, 2.05) is 39.0 Å². The molecule has 0 atom stereocenters. The van der Waals surface area contributed by atoms with Crippen molar-refractivity contribution in [2.75, 3.05) is 10.0 Å². The first-order chi connectivity index (χ1) is 14.2. The Bertz CT molecular complexity index is 1190. The van der Waals surface area contributed by atoms with Crippen molar-refractivity contribution >= 4 is 38.9 Å². The minimum absolute atomic E-state index is 0.137. The van der Waals surface area contributed by atoms with Gasteiger partial charge < -0.3 is 5.32 Å². The van der Waals surface area contributed by atoms with Gasteiger partial charge in [0.2, 0.25) is 0 Å². The summed E-state index contributed by atoms with van der Waals surface area (Å²) < 4.78 is 27.6. The van der Waals surface area contributed by atoms with E-state index in [-0.39, 0.29) is 21.5 Å². The van der Waals surface area contributed by atoms with E-state index in [0.29, 0.717) is 5.56 Å². The van der Waals surface area contributed by atoms with Crippen molar-refractivity contribution in [1.29, 1.82) is 0 Å². The van der Waals surface area contributed by atoms with Crippen LogP contribution in [0.15, 0.2) is 65.6 Å². The first-order valence-corrected chi connectivity index (χ1v) is 11.4. The maximum atomic E-state index is 12.7. The zero-order valence-electron chi connectivity index (χ0n) is 17.0. The van der Waals surface area contributed by atoms with Crippen LogP contribution in [-0.4, -0.2) is 14.3 Å². The monoisotopic (exact) mass is 442 g/mol. The second-order valence-corrected chi connectivity index (χ2v) is 9.12. The van der Waals surface area contributed by atoms with Crippen molar-refractivity contribution in [3.8, 4) is 0 Å². The maximum absolute atomic E-state index is 12.7. The SMILES string of the molecule is CCc1cccc(C)c1NC(=O)c1ccc(NS(=O)(=O)c2ccc(C)cc2)c(Cl)c1. The molecule has 2 N–H and O–H groups in total. The molecule has 0 spiro atoms. The predicted octanol–water partition coefficient (Wildman–Crippen LogP) is 5.57. The number of rotatable bonds is 6. The number of benzene rings is 3.